The molecule has 0 bridgehead atoms. The van der Waals surface area contributed by atoms with Crippen LogP contribution in [0.4, 0.5) is 0 Å². The molecule has 3 aromatic rings. The fourth-order valence-corrected chi connectivity index (χ4v) is 5.29. The summed E-state index contributed by atoms with van der Waals surface area (Å²) in [5.41, 5.74) is 2.95. The van der Waals surface area contributed by atoms with Gasteiger partial charge in [0.1, 0.15) is 6.04 Å². The van der Waals surface area contributed by atoms with Crippen molar-refractivity contribution in [3.8, 4) is 0 Å². The molecule has 0 saturated heterocycles. The molecule has 0 aromatic heterocycles. The van der Waals surface area contributed by atoms with Gasteiger partial charge in [-0.1, -0.05) is 101 Å². The lowest BCUT2D eigenvalue weighted by Crippen LogP contribution is -2.52. The number of rotatable bonds is 10. The van der Waals surface area contributed by atoms with E-state index >= 15 is 0 Å². The third-order valence-corrected chi connectivity index (χ3v) is 7.70. The van der Waals surface area contributed by atoms with Gasteiger partial charge in [-0.15, -0.1) is 0 Å². The van der Waals surface area contributed by atoms with E-state index in [4.69, 9.17) is 11.6 Å². The van der Waals surface area contributed by atoms with Crippen molar-refractivity contribution in [3.05, 3.63) is 105 Å². The third kappa shape index (κ3) is 7.44. The summed E-state index contributed by atoms with van der Waals surface area (Å²) in [5, 5.41) is 3.91. The molecule has 36 heavy (non-hydrogen) atoms. The second-order valence-electron chi connectivity index (χ2n) is 9.44. The van der Waals surface area contributed by atoms with Crippen molar-refractivity contribution in [2.75, 3.05) is 0 Å². The number of hydrogen-bond donors (Lipinski definition) is 1. The fraction of sp³-hybridized carbons (Fsp3) is 0.333. The first-order valence-corrected chi connectivity index (χ1v) is 13.8. The van der Waals surface area contributed by atoms with Crippen LogP contribution in [0.3, 0.4) is 0 Å². The summed E-state index contributed by atoms with van der Waals surface area (Å²) in [7, 11) is 0. The standard InChI is InChI=1S/C30H32BrClN2O2/c31-25-17-14-23(15-18-25)21-34(29(35)19-16-24-10-4-7-13-27(24)32)28(20-22-8-2-1-3-9-22)30(36)33-26-11-5-6-12-26/h1-4,7-10,13-15,17-18,26,28H,5-6,11-12,16,19-21H2,(H,33,36)/t28-/m1/s1. The molecule has 1 fully saturated rings. The SMILES string of the molecule is O=C(NC1CCCC1)[C@@H](Cc1ccccc1)N(Cc1ccc(Br)cc1)C(=O)CCc1ccccc1Cl. The van der Waals surface area contributed by atoms with Crippen LogP contribution in [0.15, 0.2) is 83.3 Å². The first-order chi connectivity index (χ1) is 17.5. The molecule has 3 aromatic carbocycles. The number of benzene rings is 3. The highest BCUT2D eigenvalue weighted by molar-refractivity contribution is 9.10. The van der Waals surface area contributed by atoms with Gasteiger partial charge in [0.05, 0.1) is 0 Å². The molecule has 1 aliphatic rings. The number of carbonyl (C=O) groups excluding carboxylic acids is 2. The second-order valence-corrected chi connectivity index (χ2v) is 10.8. The minimum Gasteiger partial charge on any atom is -0.352 e. The van der Waals surface area contributed by atoms with Crippen LogP contribution in [0, 0.1) is 0 Å². The normalized spacial score (nSPS) is 14.4. The van der Waals surface area contributed by atoms with E-state index in [9.17, 15) is 9.59 Å². The Labute approximate surface area is 227 Å². The van der Waals surface area contributed by atoms with Crippen LogP contribution >= 0.6 is 27.5 Å². The predicted octanol–water partition coefficient (Wildman–Crippen LogP) is 6.73. The number of halogens is 2. The number of carbonyl (C=O) groups is 2. The summed E-state index contributed by atoms with van der Waals surface area (Å²) < 4.78 is 0.975. The van der Waals surface area contributed by atoms with Crippen LogP contribution in [-0.2, 0) is 29.0 Å². The molecule has 0 radical (unpaired) electrons. The van der Waals surface area contributed by atoms with Gasteiger partial charge in [0.2, 0.25) is 11.8 Å². The van der Waals surface area contributed by atoms with E-state index in [0.717, 1.165) is 46.8 Å². The molecule has 0 heterocycles. The van der Waals surface area contributed by atoms with Crippen molar-refractivity contribution in [2.45, 2.75) is 63.6 Å². The first-order valence-electron chi connectivity index (χ1n) is 12.6. The van der Waals surface area contributed by atoms with Crippen LogP contribution in [-0.4, -0.2) is 28.8 Å². The van der Waals surface area contributed by atoms with Crippen molar-refractivity contribution < 1.29 is 9.59 Å². The smallest absolute Gasteiger partial charge is 0.243 e. The van der Waals surface area contributed by atoms with Gasteiger partial charge in [0, 0.05) is 34.9 Å². The van der Waals surface area contributed by atoms with E-state index in [1.54, 1.807) is 4.90 Å². The molecule has 1 saturated carbocycles. The van der Waals surface area contributed by atoms with Crippen LogP contribution in [0.5, 0.6) is 0 Å². The van der Waals surface area contributed by atoms with E-state index in [-0.39, 0.29) is 24.3 Å². The quantitative estimate of drug-likeness (QED) is 0.295. The number of nitrogens with zero attached hydrogens (tertiary/aromatic N) is 1. The summed E-state index contributed by atoms with van der Waals surface area (Å²) in [5.74, 6) is -0.130. The lowest BCUT2D eigenvalue weighted by molar-refractivity contribution is -0.141. The highest BCUT2D eigenvalue weighted by Gasteiger charge is 2.32. The predicted molar refractivity (Wildman–Crippen MR) is 149 cm³/mol. The zero-order chi connectivity index (χ0) is 25.3. The van der Waals surface area contributed by atoms with E-state index < -0.39 is 6.04 Å². The highest BCUT2D eigenvalue weighted by Crippen LogP contribution is 2.22. The maximum absolute atomic E-state index is 13.8. The Balaban J connectivity index is 1.61. The molecule has 188 valence electrons. The van der Waals surface area contributed by atoms with Gasteiger partial charge in [-0.3, -0.25) is 9.59 Å². The summed E-state index contributed by atoms with van der Waals surface area (Å²) in [6, 6.07) is 25.0. The lowest BCUT2D eigenvalue weighted by Gasteiger charge is -2.32. The van der Waals surface area contributed by atoms with E-state index in [1.165, 1.54) is 0 Å². The minimum atomic E-state index is -0.601. The maximum atomic E-state index is 13.8. The Bertz CT molecular complexity index is 1150. The Morgan fingerprint density at radius 3 is 2.28 bits per heavy atom. The van der Waals surface area contributed by atoms with Crippen molar-refractivity contribution in [2.24, 2.45) is 0 Å². The van der Waals surface area contributed by atoms with Crippen LogP contribution in [0.25, 0.3) is 0 Å². The van der Waals surface area contributed by atoms with Gasteiger partial charge >= 0.3 is 0 Å². The Morgan fingerprint density at radius 2 is 1.58 bits per heavy atom. The largest absolute Gasteiger partial charge is 0.352 e. The monoisotopic (exact) mass is 566 g/mol. The zero-order valence-electron chi connectivity index (χ0n) is 20.3. The number of nitrogens with one attached hydrogen (secondary N) is 1. The molecule has 6 heteroatoms. The summed E-state index contributed by atoms with van der Waals surface area (Å²) >= 11 is 9.84. The highest BCUT2D eigenvalue weighted by atomic mass is 79.9. The van der Waals surface area contributed by atoms with E-state index in [0.29, 0.717) is 24.4 Å². The van der Waals surface area contributed by atoms with Gasteiger partial charge in [-0.25, -0.2) is 0 Å². The van der Waals surface area contributed by atoms with Gasteiger partial charge in [0.25, 0.3) is 0 Å². The van der Waals surface area contributed by atoms with Crippen LogP contribution in [0.2, 0.25) is 5.02 Å². The molecule has 1 N–H and O–H groups in total. The molecule has 1 atom stereocenters. The molecule has 4 nitrogen and oxygen atoms in total. The molecule has 0 unspecified atom stereocenters. The van der Waals surface area contributed by atoms with Crippen molar-refractivity contribution in [3.63, 3.8) is 0 Å². The topological polar surface area (TPSA) is 49.4 Å². The lowest BCUT2D eigenvalue weighted by atomic mass is 10.0. The average molecular weight is 568 g/mol. The van der Waals surface area contributed by atoms with Gasteiger partial charge in [-0.05, 0) is 54.2 Å². The molecule has 0 spiro atoms. The van der Waals surface area contributed by atoms with Crippen LogP contribution < -0.4 is 5.32 Å². The van der Waals surface area contributed by atoms with E-state index in [1.807, 2.05) is 78.9 Å². The average Bonchev–Trinajstić information content (AvgIpc) is 3.40. The summed E-state index contributed by atoms with van der Waals surface area (Å²) in [6.07, 6.45) is 5.53. The second kappa shape index (κ2) is 13.1. The molecule has 1 aliphatic carbocycles. The molecule has 2 amide bonds. The summed E-state index contributed by atoms with van der Waals surface area (Å²) in [6.45, 7) is 0.365. The zero-order valence-corrected chi connectivity index (χ0v) is 22.7. The third-order valence-electron chi connectivity index (χ3n) is 6.80. The van der Waals surface area contributed by atoms with Gasteiger partial charge < -0.3 is 10.2 Å². The number of hydrogen-bond acceptors (Lipinski definition) is 2. The molecule has 0 aliphatic heterocycles. The fourth-order valence-electron chi connectivity index (χ4n) is 4.79. The molecular weight excluding hydrogens is 536 g/mol. The van der Waals surface area contributed by atoms with Crippen molar-refractivity contribution in [1.82, 2.24) is 10.2 Å². The number of aryl methyl sites for hydroxylation is 1. The van der Waals surface area contributed by atoms with Gasteiger partial charge in [0.15, 0.2) is 0 Å². The molecular formula is C30H32BrClN2O2. The van der Waals surface area contributed by atoms with E-state index in [2.05, 4.69) is 21.2 Å². The minimum absolute atomic E-state index is 0.0552. The van der Waals surface area contributed by atoms with Gasteiger partial charge in [-0.2, -0.15) is 0 Å². The Morgan fingerprint density at radius 1 is 0.917 bits per heavy atom. The molecule has 4 rings (SSSR count). The Hall–Kier alpha value is -2.63. The van der Waals surface area contributed by atoms with Crippen molar-refractivity contribution in [1.29, 1.82) is 0 Å². The van der Waals surface area contributed by atoms with Crippen LogP contribution in [0.1, 0.15) is 48.8 Å². The first kappa shape index (κ1) is 26.4. The Kier molecular flexibility index (Phi) is 9.60. The maximum Gasteiger partial charge on any atom is 0.243 e. The number of amides is 2. The van der Waals surface area contributed by atoms with Crippen molar-refractivity contribution >= 4 is 39.3 Å². The summed E-state index contributed by atoms with van der Waals surface area (Å²) in [4.78, 5) is 29.2.